The van der Waals surface area contributed by atoms with Gasteiger partial charge in [0.2, 0.25) is 6.33 Å². The maximum atomic E-state index is 4.89. The molecular weight excluding hydrogens is 265 g/mol. The summed E-state index contributed by atoms with van der Waals surface area (Å²) in [7, 11) is 2.00. The minimum Gasteiger partial charge on any atom is -0.332 e. The maximum Gasteiger partial charge on any atom is 0.328 e. The Morgan fingerprint density at radius 3 is 2.21 bits per heavy atom. The number of allylic oxidation sites excluding steroid dienone is 1. The lowest BCUT2D eigenvalue weighted by Gasteiger charge is -2.03. The molecule has 0 spiro atoms. The first kappa shape index (κ1) is 14.2. The van der Waals surface area contributed by atoms with Crippen LogP contribution in [0.3, 0.4) is 0 Å². The molecular formula is C7H11BCl4N2. The molecule has 1 rings (SSSR count). The predicted molar refractivity (Wildman–Crippen MR) is 65.0 cm³/mol. The molecule has 0 N–H and O–H groups in total. The second kappa shape index (κ2) is 6.62. The van der Waals surface area contributed by atoms with Crippen LogP contribution in [0.1, 0.15) is 0 Å². The molecule has 0 saturated heterocycles. The molecule has 0 aliphatic carbocycles. The molecule has 0 aliphatic rings. The number of aryl methyl sites for hydroxylation is 1. The van der Waals surface area contributed by atoms with E-state index in [9.17, 15) is 0 Å². The summed E-state index contributed by atoms with van der Waals surface area (Å²) in [6, 6.07) is 0. The Bertz CT molecular complexity index is 275. The van der Waals surface area contributed by atoms with Gasteiger partial charge in [0.15, 0.2) is 0 Å². The molecule has 1 heterocycles. The first-order valence-electron chi connectivity index (χ1n) is 3.82. The SMILES string of the molecule is C=CC[n+]1ccn(C)c1.Cl[B-](Cl)(Cl)Cl. The average molecular weight is 276 g/mol. The fraction of sp³-hybridized carbons (Fsp3) is 0.286. The first-order valence-corrected chi connectivity index (χ1v) is 5.56. The fourth-order valence-corrected chi connectivity index (χ4v) is 0.759. The third-order valence-corrected chi connectivity index (χ3v) is 1.16. The minimum absolute atomic E-state index is 0.890. The minimum atomic E-state index is -2.11. The van der Waals surface area contributed by atoms with E-state index < -0.39 is 3.81 Å². The predicted octanol–water partition coefficient (Wildman–Crippen LogP) is 2.88. The van der Waals surface area contributed by atoms with E-state index in [-0.39, 0.29) is 0 Å². The van der Waals surface area contributed by atoms with Crippen molar-refractivity contribution in [2.45, 2.75) is 6.54 Å². The molecule has 80 valence electrons. The largest absolute Gasteiger partial charge is 0.332 e. The van der Waals surface area contributed by atoms with Gasteiger partial charge in [0.1, 0.15) is 18.9 Å². The van der Waals surface area contributed by atoms with Crippen molar-refractivity contribution in [3.05, 3.63) is 31.4 Å². The summed E-state index contributed by atoms with van der Waals surface area (Å²) in [6.45, 7) is 4.52. The van der Waals surface area contributed by atoms with Gasteiger partial charge < -0.3 is 45.8 Å². The van der Waals surface area contributed by atoms with Gasteiger partial charge >= 0.3 is 3.81 Å². The van der Waals surface area contributed by atoms with E-state index in [1.54, 1.807) is 0 Å². The molecule has 0 bridgehead atoms. The fourth-order valence-electron chi connectivity index (χ4n) is 0.759. The molecule has 0 amide bonds. The van der Waals surface area contributed by atoms with E-state index in [1.165, 1.54) is 0 Å². The van der Waals surface area contributed by atoms with Gasteiger partial charge in [-0.2, -0.15) is 0 Å². The van der Waals surface area contributed by atoms with Crippen molar-refractivity contribution in [3.8, 4) is 0 Å². The van der Waals surface area contributed by atoms with Crippen LogP contribution in [0.25, 0.3) is 0 Å². The molecule has 1 aromatic rings. The lowest BCUT2D eigenvalue weighted by atomic mass is 10.6. The number of halogens is 4. The van der Waals surface area contributed by atoms with Gasteiger partial charge in [-0.15, -0.1) is 0 Å². The molecule has 0 aromatic carbocycles. The summed E-state index contributed by atoms with van der Waals surface area (Å²) in [5.41, 5.74) is 0. The molecule has 0 aliphatic heterocycles. The Hall–Kier alpha value is 0.175. The smallest absolute Gasteiger partial charge is 0.328 e. The van der Waals surface area contributed by atoms with Crippen LogP contribution in [0.15, 0.2) is 31.4 Å². The van der Waals surface area contributed by atoms with Crippen LogP contribution in [0.2, 0.25) is 0 Å². The Morgan fingerprint density at radius 2 is 1.93 bits per heavy atom. The number of imidazole rings is 1. The van der Waals surface area contributed by atoms with Gasteiger partial charge in [0, 0.05) is 0 Å². The molecule has 0 atom stereocenters. The van der Waals surface area contributed by atoms with Crippen molar-refractivity contribution in [2.75, 3.05) is 0 Å². The van der Waals surface area contributed by atoms with Crippen LogP contribution in [0, 0.1) is 0 Å². The van der Waals surface area contributed by atoms with E-state index in [1.807, 2.05) is 36.4 Å². The van der Waals surface area contributed by atoms with E-state index in [4.69, 9.17) is 45.8 Å². The van der Waals surface area contributed by atoms with Gasteiger partial charge in [-0.05, 0) is 0 Å². The van der Waals surface area contributed by atoms with Gasteiger partial charge in [0.05, 0.1) is 7.05 Å². The zero-order chi connectivity index (χ0) is 11.2. The number of hydrogen-bond donors (Lipinski definition) is 0. The second-order valence-electron chi connectivity index (χ2n) is 2.56. The van der Waals surface area contributed by atoms with Crippen molar-refractivity contribution in [2.24, 2.45) is 7.05 Å². The summed E-state index contributed by atoms with van der Waals surface area (Å²) in [5.74, 6) is 0. The van der Waals surface area contributed by atoms with Crippen molar-refractivity contribution in [1.29, 1.82) is 0 Å². The molecule has 0 fully saturated rings. The molecule has 2 nitrogen and oxygen atoms in total. The summed E-state index contributed by atoms with van der Waals surface area (Å²) >= 11 is 19.6. The Labute approximate surface area is 104 Å². The topological polar surface area (TPSA) is 8.81 Å². The van der Waals surface area contributed by atoms with Gasteiger partial charge in [-0.3, -0.25) is 0 Å². The lowest BCUT2D eigenvalue weighted by Crippen LogP contribution is -2.29. The normalized spacial score (nSPS) is 10.4. The third kappa shape index (κ3) is 10.3. The second-order valence-corrected chi connectivity index (χ2v) is 6.52. The Kier molecular flexibility index (Phi) is 6.70. The highest BCUT2D eigenvalue weighted by Crippen LogP contribution is 2.23. The highest BCUT2D eigenvalue weighted by molar-refractivity contribution is 7.81. The van der Waals surface area contributed by atoms with Crippen molar-refractivity contribution in [1.82, 2.24) is 4.57 Å². The van der Waals surface area contributed by atoms with Gasteiger partial charge in [-0.25, -0.2) is 9.13 Å². The Balaban J connectivity index is 0.000000292. The summed E-state index contributed by atoms with van der Waals surface area (Å²) in [5, 5.41) is 0. The standard InChI is InChI=1S/C7H11N2.BCl4/c1-3-4-9-6-5-8(2)7-9;2-1(3,4)5/h3,5-7H,1,4H2,2H3;/q+1;-1. The molecule has 14 heavy (non-hydrogen) atoms. The quantitative estimate of drug-likeness (QED) is 0.446. The lowest BCUT2D eigenvalue weighted by molar-refractivity contribution is -0.686. The first-order chi connectivity index (χ1) is 6.33. The van der Waals surface area contributed by atoms with E-state index >= 15 is 0 Å². The molecule has 7 heteroatoms. The molecule has 0 saturated carbocycles. The summed E-state index contributed by atoms with van der Waals surface area (Å²) in [4.78, 5) is 0. The van der Waals surface area contributed by atoms with Crippen LogP contribution in [-0.2, 0) is 13.6 Å². The van der Waals surface area contributed by atoms with E-state index in [2.05, 4.69) is 11.1 Å². The summed E-state index contributed by atoms with van der Waals surface area (Å²) < 4.78 is 1.95. The number of aromatic nitrogens is 2. The average Bonchev–Trinajstić information content (AvgIpc) is 2.32. The highest BCUT2D eigenvalue weighted by atomic mass is 35.6. The molecule has 0 radical (unpaired) electrons. The molecule has 1 aromatic heterocycles. The summed E-state index contributed by atoms with van der Waals surface area (Å²) in [6.07, 6.45) is 7.91. The zero-order valence-corrected chi connectivity index (χ0v) is 10.7. The van der Waals surface area contributed by atoms with Crippen LogP contribution in [0.5, 0.6) is 0 Å². The van der Waals surface area contributed by atoms with E-state index in [0.29, 0.717) is 0 Å². The van der Waals surface area contributed by atoms with Crippen molar-refractivity contribution in [3.63, 3.8) is 0 Å². The highest BCUT2D eigenvalue weighted by Gasteiger charge is 2.03. The van der Waals surface area contributed by atoms with Crippen molar-refractivity contribution >= 4 is 49.6 Å². The molecule has 0 unspecified atom stereocenters. The number of hydrogen-bond acceptors (Lipinski definition) is 0. The van der Waals surface area contributed by atoms with Gasteiger partial charge in [0.25, 0.3) is 0 Å². The third-order valence-electron chi connectivity index (χ3n) is 1.16. The van der Waals surface area contributed by atoms with Crippen LogP contribution in [0.4, 0.5) is 0 Å². The van der Waals surface area contributed by atoms with Gasteiger partial charge in [-0.1, -0.05) is 12.7 Å². The van der Waals surface area contributed by atoms with E-state index in [0.717, 1.165) is 6.54 Å². The number of rotatable bonds is 2. The zero-order valence-electron chi connectivity index (χ0n) is 7.71. The van der Waals surface area contributed by atoms with Crippen LogP contribution < -0.4 is 4.57 Å². The maximum absolute atomic E-state index is 4.89. The van der Waals surface area contributed by atoms with Crippen LogP contribution in [-0.4, -0.2) is 8.37 Å². The van der Waals surface area contributed by atoms with Crippen molar-refractivity contribution < 1.29 is 4.57 Å². The Morgan fingerprint density at radius 1 is 1.43 bits per heavy atom. The number of nitrogens with zero attached hydrogens (tertiary/aromatic N) is 2. The van der Waals surface area contributed by atoms with Crippen LogP contribution >= 0.6 is 45.8 Å². The monoisotopic (exact) mass is 274 g/mol.